The van der Waals surface area contributed by atoms with Gasteiger partial charge in [-0.2, -0.15) is 0 Å². The number of nitrogens with two attached hydrogens (primary N) is 1. The van der Waals surface area contributed by atoms with E-state index in [1.165, 1.54) is 6.42 Å². The molecular weight excluding hydrogens is 250 g/mol. The molecule has 2 fully saturated rings. The Morgan fingerprint density at radius 2 is 1.83 bits per heavy atom. The number of hydrogen-bond acceptors (Lipinski definition) is 3. The van der Waals surface area contributed by atoms with E-state index >= 15 is 0 Å². The first kappa shape index (κ1) is 15.7. The molecule has 3 unspecified atom stereocenters. The average Bonchev–Trinajstić information content (AvgIpc) is 2.63. The molecule has 0 aromatic carbocycles. The Kier molecular flexibility index (Phi) is 5.89. The van der Waals surface area contributed by atoms with Crippen molar-refractivity contribution >= 4 is 18.3 Å². The summed E-state index contributed by atoms with van der Waals surface area (Å²) < 4.78 is 0. The van der Waals surface area contributed by atoms with E-state index < -0.39 is 0 Å². The molecule has 2 heterocycles. The molecule has 2 saturated heterocycles. The van der Waals surface area contributed by atoms with Crippen molar-refractivity contribution in [2.45, 2.75) is 57.7 Å². The molecule has 0 radical (unpaired) electrons. The molecular formula is C13H26ClN3O. The zero-order valence-electron chi connectivity index (χ0n) is 11.5. The maximum absolute atomic E-state index is 12.3. The van der Waals surface area contributed by atoms with Crippen molar-refractivity contribution in [3.63, 3.8) is 0 Å². The second kappa shape index (κ2) is 6.73. The predicted octanol–water partition coefficient (Wildman–Crippen LogP) is 1.23. The minimum Gasteiger partial charge on any atom is -0.336 e. The summed E-state index contributed by atoms with van der Waals surface area (Å²) in [6, 6.07) is 1.07. The Labute approximate surface area is 116 Å². The van der Waals surface area contributed by atoms with Crippen molar-refractivity contribution in [2.75, 3.05) is 19.6 Å². The van der Waals surface area contributed by atoms with Crippen LogP contribution >= 0.6 is 12.4 Å². The summed E-state index contributed by atoms with van der Waals surface area (Å²) in [6.07, 6.45) is 4.57. The van der Waals surface area contributed by atoms with Crippen LogP contribution in [-0.4, -0.2) is 53.5 Å². The smallest absolute Gasteiger partial charge is 0.237 e. The fourth-order valence-electron chi connectivity index (χ4n) is 3.19. The number of piperidine rings is 1. The molecule has 0 aromatic rings. The lowest BCUT2D eigenvalue weighted by Crippen LogP contribution is -2.51. The van der Waals surface area contributed by atoms with Gasteiger partial charge in [-0.3, -0.25) is 9.69 Å². The number of carbonyl (C=O) groups is 1. The quantitative estimate of drug-likeness (QED) is 0.825. The number of carbonyl (C=O) groups excluding carboxylic acids is 1. The zero-order chi connectivity index (χ0) is 12.4. The van der Waals surface area contributed by atoms with Crippen LogP contribution in [0.4, 0.5) is 0 Å². The van der Waals surface area contributed by atoms with Crippen molar-refractivity contribution in [1.82, 2.24) is 9.80 Å². The third kappa shape index (κ3) is 3.59. The van der Waals surface area contributed by atoms with Gasteiger partial charge >= 0.3 is 0 Å². The molecule has 4 nitrogen and oxygen atoms in total. The fourth-order valence-corrected chi connectivity index (χ4v) is 3.19. The van der Waals surface area contributed by atoms with E-state index in [0.29, 0.717) is 24.5 Å². The topological polar surface area (TPSA) is 49.6 Å². The van der Waals surface area contributed by atoms with Crippen LogP contribution in [0.5, 0.6) is 0 Å². The minimum absolute atomic E-state index is 0. The van der Waals surface area contributed by atoms with Crippen molar-refractivity contribution in [2.24, 2.45) is 5.73 Å². The van der Waals surface area contributed by atoms with Gasteiger partial charge in [0.1, 0.15) is 0 Å². The molecule has 3 atom stereocenters. The lowest BCUT2D eigenvalue weighted by molar-refractivity contribution is -0.138. The van der Waals surface area contributed by atoms with E-state index in [2.05, 4.69) is 23.6 Å². The fraction of sp³-hybridized carbons (Fsp3) is 0.923. The molecule has 0 spiro atoms. The molecule has 1 amide bonds. The third-order valence-electron chi connectivity index (χ3n) is 4.15. The normalized spacial score (nSPS) is 33.3. The largest absolute Gasteiger partial charge is 0.336 e. The number of amides is 1. The Hall–Kier alpha value is -0.320. The number of hydrogen-bond donors (Lipinski definition) is 1. The van der Waals surface area contributed by atoms with Crippen LogP contribution in [0.2, 0.25) is 0 Å². The van der Waals surface area contributed by atoms with Crippen LogP contribution in [0.15, 0.2) is 0 Å². The molecule has 2 N–H and O–H groups in total. The average molecular weight is 276 g/mol. The highest BCUT2D eigenvalue weighted by atomic mass is 35.5. The van der Waals surface area contributed by atoms with Crippen molar-refractivity contribution < 1.29 is 4.79 Å². The van der Waals surface area contributed by atoms with Crippen LogP contribution in [0.1, 0.15) is 39.5 Å². The monoisotopic (exact) mass is 275 g/mol. The third-order valence-corrected chi connectivity index (χ3v) is 4.15. The van der Waals surface area contributed by atoms with Gasteiger partial charge in [0.2, 0.25) is 5.91 Å². The van der Waals surface area contributed by atoms with Gasteiger partial charge in [0, 0.05) is 31.2 Å². The summed E-state index contributed by atoms with van der Waals surface area (Å²) in [4.78, 5) is 16.6. The summed E-state index contributed by atoms with van der Waals surface area (Å²) in [6.45, 7) is 6.75. The maximum atomic E-state index is 12.3. The van der Waals surface area contributed by atoms with Crippen LogP contribution in [-0.2, 0) is 4.79 Å². The van der Waals surface area contributed by atoms with E-state index in [1.54, 1.807) is 0 Å². The van der Waals surface area contributed by atoms with Gasteiger partial charge in [0.15, 0.2) is 0 Å². The van der Waals surface area contributed by atoms with Crippen molar-refractivity contribution in [3.05, 3.63) is 0 Å². The first-order valence-electron chi connectivity index (χ1n) is 6.87. The highest BCUT2D eigenvalue weighted by Crippen LogP contribution is 2.23. The first-order chi connectivity index (χ1) is 8.08. The predicted molar refractivity (Wildman–Crippen MR) is 75.9 cm³/mol. The van der Waals surface area contributed by atoms with Gasteiger partial charge in [0.05, 0.1) is 6.54 Å². The number of halogens is 1. The van der Waals surface area contributed by atoms with E-state index in [9.17, 15) is 4.79 Å². The molecule has 2 aliphatic rings. The second-order valence-electron chi connectivity index (χ2n) is 5.71. The van der Waals surface area contributed by atoms with Crippen LogP contribution in [0.3, 0.4) is 0 Å². The number of nitrogens with zero attached hydrogens (tertiary/aromatic N) is 2. The van der Waals surface area contributed by atoms with Gasteiger partial charge in [0.25, 0.3) is 0 Å². The van der Waals surface area contributed by atoms with E-state index in [0.717, 1.165) is 32.4 Å². The Bertz CT molecular complexity index is 277. The highest BCUT2D eigenvalue weighted by molar-refractivity contribution is 5.85. The number of rotatable bonds is 2. The molecule has 0 bridgehead atoms. The Morgan fingerprint density at radius 1 is 1.22 bits per heavy atom. The number of likely N-dealkylation sites (tertiary alicyclic amines) is 2. The maximum Gasteiger partial charge on any atom is 0.237 e. The molecule has 0 aliphatic carbocycles. The summed E-state index contributed by atoms with van der Waals surface area (Å²) >= 11 is 0. The van der Waals surface area contributed by atoms with E-state index in [1.807, 2.05) is 0 Å². The highest BCUT2D eigenvalue weighted by Gasteiger charge is 2.30. The van der Waals surface area contributed by atoms with Gasteiger partial charge in [-0.25, -0.2) is 0 Å². The van der Waals surface area contributed by atoms with Crippen molar-refractivity contribution in [1.29, 1.82) is 0 Å². The van der Waals surface area contributed by atoms with Crippen LogP contribution in [0.25, 0.3) is 0 Å². The molecule has 2 aliphatic heterocycles. The Balaban J connectivity index is 0.00000162. The van der Waals surface area contributed by atoms with Gasteiger partial charge in [-0.05, 0) is 39.5 Å². The van der Waals surface area contributed by atoms with Crippen LogP contribution in [0, 0.1) is 0 Å². The van der Waals surface area contributed by atoms with Gasteiger partial charge < -0.3 is 10.6 Å². The zero-order valence-corrected chi connectivity index (χ0v) is 12.3. The summed E-state index contributed by atoms with van der Waals surface area (Å²) in [7, 11) is 0. The molecule has 18 heavy (non-hydrogen) atoms. The molecule has 0 aromatic heterocycles. The molecule has 5 heteroatoms. The second-order valence-corrected chi connectivity index (χ2v) is 5.71. The molecule has 2 rings (SSSR count). The molecule has 0 saturated carbocycles. The van der Waals surface area contributed by atoms with E-state index in [-0.39, 0.29) is 18.4 Å². The Morgan fingerprint density at radius 3 is 2.33 bits per heavy atom. The summed E-state index contributed by atoms with van der Waals surface area (Å²) in [5.74, 6) is 0.291. The minimum atomic E-state index is 0. The SMILES string of the molecule is CC1CCCC(C)N1C(=O)CN1CCC(N)C1.Cl. The van der Waals surface area contributed by atoms with E-state index in [4.69, 9.17) is 5.73 Å². The lowest BCUT2D eigenvalue weighted by Gasteiger charge is -2.39. The standard InChI is InChI=1S/C13H25N3O.ClH/c1-10-4-3-5-11(2)16(10)13(17)9-15-7-6-12(14)8-15;/h10-12H,3-9,14H2,1-2H3;1H. The van der Waals surface area contributed by atoms with Gasteiger partial charge in [-0.1, -0.05) is 0 Å². The van der Waals surface area contributed by atoms with Gasteiger partial charge in [-0.15, -0.1) is 12.4 Å². The van der Waals surface area contributed by atoms with Crippen LogP contribution < -0.4 is 5.73 Å². The molecule has 106 valence electrons. The lowest BCUT2D eigenvalue weighted by atomic mass is 9.97. The van der Waals surface area contributed by atoms with Crippen molar-refractivity contribution in [3.8, 4) is 0 Å². The first-order valence-corrected chi connectivity index (χ1v) is 6.87. The summed E-state index contributed by atoms with van der Waals surface area (Å²) in [5, 5.41) is 0. The summed E-state index contributed by atoms with van der Waals surface area (Å²) in [5.41, 5.74) is 5.87.